The van der Waals surface area contributed by atoms with Crippen molar-refractivity contribution in [1.82, 2.24) is 14.8 Å². The molecule has 0 saturated heterocycles. The molecule has 0 spiro atoms. The normalized spacial score (nSPS) is 10.3. The maximum absolute atomic E-state index is 11.2. The summed E-state index contributed by atoms with van der Waals surface area (Å²) in [5, 5.41) is 4.25. The Bertz CT molecular complexity index is 502. The van der Waals surface area contributed by atoms with Gasteiger partial charge in [0.05, 0.1) is 17.6 Å². The molecular weight excluding hydrogens is 190 g/mol. The quantitative estimate of drug-likeness (QED) is 0.696. The molecule has 0 radical (unpaired) electrons. The van der Waals surface area contributed by atoms with Crippen LogP contribution < -0.4 is 0 Å². The van der Waals surface area contributed by atoms with Crippen molar-refractivity contribution in [3.8, 4) is 5.69 Å². The van der Waals surface area contributed by atoms with Gasteiger partial charge in [-0.1, -0.05) is 0 Å². The number of pyridine rings is 1. The predicted molar refractivity (Wildman–Crippen MR) is 56.1 cm³/mol. The lowest BCUT2D eigenvalue weighted by molar-refractivity contribution is 0.101. The van der Waals surface area contributed by atoms with Gasteiger partial charge in [0, 0.05) is 18.0 Å². The highest BCUT2D eigenvalue weighted by Crippen LogP contribution is 2.08. The van der Waals surface area contributed by atoms with Gasteiger partial charge < -0.3 is 0 Å². The first kappa shape index (κ1) is 9.58. The first-order valence-electron chi connectivity index (χ1n) is 4.65. The second kappa shape index (κ2) is 3.65. The molecule has 0 aliphatic rings. The highest BCUT2D eigenvalue weighted by atomic mass is 16.1. The van der Waals surface area contributed by atoms with E-state index in [1.807, 2.05) is 19.2 Å². The largest absolute Gasteiger partial charge is 0.294 e. The highest BCUT2D eigenvalue weighted by Gasteiger charge is 2.03. The second-order valence-corrected chi connectivity index (χ2v) is 3.39. The molecule has 0 atom stereocenters. The molecule has 0 N–H and O–H groups in total. The van der Waals surface area contributed by atoms with E-state index >= 15 is 0 Å². The number of rotatable bonds is 2. The predicted octanol–water partition coefficient (Wildman–Crippen LogP) is 1.78. The Morgan fingerprint density at radius 3 is 2.80 bits per heavy atom. The Morgan fingerprint density at radius 1 is 1.40 bits per heavy atom. The number of carbonyl (C=O) groups excluding carboxylic acids is 1. The molecule has 15 heavy (non-hydrogen) atoms. The van der Waals surface area contributed by atoms with E-state index in [-0.39, 0.29) is 5.78 Å². The van der Waals surface area contributed by atoms with Crippen LogP contribution in [0.3, 0.4) is 0 Å². The lowest BCUT2D eigenvalue weighted by Crippen LogP contribution is -2.00. The SMILES string of the molecule is CC(=O)c1cncc(-n2ccc(C)n2)c1. The third kappa shape index (κ3) is 1.93. The molecule has 76 valence electrons. The van der Waals surface area contributed by atoms with Crippen molar-refractivity contribution >= 4 is 5.78 Å². The van der Waals surface area contributed by atoms with Gasteiger partial charge in [-0.2, -0.15) is 5.10 Å². The van der Waals surface area contributed by atoms with Crippen LogP contribution in [0, 0.1) is 6.92 Å². The molecular formula is C11H11N3O. The number of hydrogen-bond acceptors (Lipinski definition) is 3. The molecule has 0 amide bonds. The zero-order valence-corrected chi connectivity index (χ0v) is 8.64. The molecule has 2 heterocycles. The van der Waals surface area contributed by atoms with Crippen molar-refractivity contribution in [2.75, 3.05) is 0 Å². The molecule has 4 nitrogen and oxygen atoms in total. The standard InChI is InChI=1S/C11H11N3O/c1-8-3-4-14(13-8)11-5-10(9(2)15)6-12-7-11/h3-7H,1-2H3. The van der Waals surface area contributed by atoms with Crippen LogP contribution in [0.25, 0.3) is 5.69 Å². The second-order valence-electron chi connectivity index (χ2n) is 3.39. The van der Waals surface area contributed by atoms with Gasteiger partial charge in [0.25, 0.3) is 0 Å². The van der Waals surface area contributed by atoms with E-state index in [4.69, 9.17) is 0 Å². The summed E-state index contributed by atoms with van der Waals surface area (Å²) in [5.41, 5.74) is 2.33. The molecule has 0 saturated carbocycles. The molecule has 4 heteroatoms. The van der Waals surface area contributed by atoms with E-state index in [2.05, 4.69) is 10.1 Å². The Morgan fingerprint density at radius 2 is 2.20 bits per heavy atom. The molecule has 2 rings (SSSR count). The van der Waals surface area contributed by atoms with Crippen LogP contribution in [0.4, 0.5) is 0 Å². The van der Waals surface area contributed by atoms with Gasteiger partial charge in [-0.15, -0.1) is 0 Å². The van der Waals surface area contributed by atoms with Crippen LogP contribution in [-0.4, -0.2) is 20.5 Å². The lowest BCUT2D eigenvalue weighted by Gasteiger charge is -2.01. The van der Waals surface area contributed by atoms with Gasteiger partial charge >= 0.3 is 0 Å². The van der Waals surface area contributed by atoms with Crippen LogP contribution in [0.15, 0.2) is 30.7 Å². The van der Waals surface area contributed by atoms with E-state index in [0.29, 0.717) is 5.56 Å². The maximum Gasteiger partial charge on any atom is 0.161 e. The number of Topliss-reactive ketones (excluding diaryl/α,β-unsaturated/α-hetero) is 1. The average Bonchev–Trinajstić information content (AvgIpc) is 2.65. The average molecular weight is 201 g/mol. The van der Waals surface area contributed by atoms with Gasteiger partial charge in [0.2, 0.25) is 0 Å². The van der Waals surface area contributed by atoms with E-state index in [9.17, 15) is 4.79 Å². The third-order valence-electron chi connectivity index (χ3n) is 2.12. The molecule has 2 aromatic rings. The smallest absolute Gasteiger partial charge is 0.161 e. The van der Waals surface area contributed by atoms with Crippen molar-refractivity contribution in [3.63, 3.8) is 0 Å². The van der Waals surface area contributed by atoms with Gasteiger partial charge in [0.1, 0.15) is 0 Å². The minimum absolute atomic E-state index is 0.00762. The fourth-order valence-electron chi connectivity index (χ4n) is 1.30. The van der Waals surface area contributed by atoms with Crippen LogP contribution in [0.2, 0.25) is 0 Å². The highest BCUT2D eigenvalue weighted by molar-refractivity contribution is 5.94. The van der Waals surface area contributed by atoms with Crippen LogP contribution in [0.5, 0.6) is 0 Å². The topological polar surface area (TPSA) is 47.8 Å². The number of nitrogens with zero attached hydrogens (tertiary/aromatic N) is 3. The Kier molecular flexibility index (Phi) is 2.33. The summed E-state index contributed by atoms with van der Waals surface area (Å²) in [5.74, 6) is 0.00762. The summed E-state index contributed by atoms with van der Waals surface area (Å²) in [7, 11) is 0. The van der Waals surface area contributed by atoms with Crippen LogP contribution >= 0.6 is 0 Å². The van der Waals surface area contributed by atoms with Crippen molar-refractivity contribution in [1.29, 1.82) is 0 Å². The molecule has 0 unspecified atom stereocenters. The Balaban J connectivity index is 2.45. The van der Waals surface area contributed by atoms with Crippen molar-refractivity contribution in [3.05, 3.63) is 42.0 Å². The summed E-state index contributed by atoms with van der Waals surface area (Å²) in [6, 6.07) is 3.68. The van der Waals surface area contributed by atoms with Gasteiger partial charge in [-0.05, 0) is 26.0 Å². The van der Waals surface area contributed by atoms with Gasteiger partial charge in [0.15, 0.2) is 5.78 Å². The summed E-state index contributed by atoms with van der Waals surface area (Å²) >= 11 is 0. The number of aryl methyl sites for hydroxylation is 1. The summed E-state index contributed by atoms with van der Waals surface area (Å²) < 4.78 is 1.70. The molecule has 0 aliphatic heterocycles. The van der Waals surface area contributed by atoms with Crippen LogP contribution in [-0.2, 0) is 0 Å². The van der Waals surface area contributed by atoms with E-state index in [0.717, 1.165) is 11.4 Å². The minimum atomic E-state index is 0.00762. The molecule has 0 bridgehead atoms. The van der Waals surface area contributed by atoms with E-state index in [1.54, 1.807) is 23.1 Å². The zero-order chi connectivity index (χ0) is 10.8. The molecule has 2 aromatic heterocycles. The molecule has 0 aliphatic carbocycles. The number of hydrogen-bond donors (Lipinski definition) is 0. The fraction of sp³-hybridized carbons (Fsp3) is 0.182. The van der Waals surface area contributed by atoms with Crippen LogP contribution in [0.1, 0.15) is 23.0 Å². The third-order valence-corrected chi connectivity index (χ3v) is 2.12. The number of aromatic nitrogens is 3. The molecule has 0 fully saturated rings. The van der Waals surface area contributed by atoms with E-state index in [1.165, 1.54) is 6.92 Å². The Hall–Kier alpha value is -1.97. The first-order chi connectivity index (χ1) is 7.16. The Labute approximate surface area is 87.6 Å². The monoisotopic (exact) mass is 201 g/mol. The molecule has 0 aromatic carbocycles. The van der Waals surface area contributed by atoms with Crippen molar-refractivity contribution in [2.24, 2.45) is 0 Å². The summed E-state index contributed by atoms with van der Waals surface area (Å²) in [4.78, 5) is 15.2. The number of carbonyl (C=O) groups is 1. The fourth-order valence-corrected chi connectivity index (χ4v) is 1.30. The summed E-state index contributed by atoms with van der Waals surface area (Å²) in [6.07, 6.45) is 5.08. The number of ketones is 1. The first-order valence-corrected chi connectivity index (χ1v) is 4.65. The van der Waals surface area contributed by atoms with E-state index < -0.39 is 0 Å². The summed E-state index contributed by atoms with van der Waals surface area (Å²) in [6.45, 7) is 3.44. The van der Waals surface area contributed by atoms with Crippen molar-refractivity contribution < 1.29 is 4.79 Å². The maximum atomic E-state index is 11.2. The van der Waals surface area contributed by atoms with Gasteiger partial charge in [-0.25, -0.2) is 4.68 Å². The van der Waals surface area contributed by atoms with Gasteiger partial charge in [-0.3, -0.25) is 9.78 Å². The zero-order valence-electron chi connectivity index (χ0n) is 8.64. The van der Waals surface area contributed by atoms with Crippen molar-refractivity contribution in [2.45, 2.75) is 13.8 Å². The lowest BCUT2D eigenvalue weighted by atomic mass is 10.2. The minimum Gasteiger partial charge on any atom is -0.294 e.